The number of likely N-dealkylation sites (tertiary alicyclic amines) is 1. The highest BCUT2D eigenvalue weighted by atomic mass is 16.2. The van der Waals surface area contributed by atoms with Crippen molar-refractivity contribution in [3.8, 4) is 0 Å². The normalized spacial score (nSPS) is 16.8. The maximum atomic E-state index is 11.5. The summed E-state index contributed by atoms with van der Waals surface area (Å²) in [4.78, 5) is 20.9. The monoisotopic (exact) mass is 178 g/mol. The van der Waals surface area contributed by atoms with Crippen LogP contribution in [-0.4, -0.2) is 39.9 Å². The van der Waals surface area contributed by atoms with Gasteiger partial charge < -0.3 is 10.6 Å². The highest BCUT2D eigenvalue weighted by Gasteiger charge is 2.28. The minimum absolute atomic E-state index is 0.0881. The molecule has 0 aliphatic carbocycles. The quantitative estimate of drug-likeness (QED) is 0.614. The van der Waals surface area contributed by atoms with E-state index in [0.29, 0.717) is 18.8 Å². The van der Waals surface area contributed by atoms with Gasteiger partial charge in [0, 0.05) is 31.5 Å². The Hall–Kier alpha value is -1.49. The van der Waals surface area contributed by atoms with Gasteiger partial charge in [-0.2, -0.15) is 0 Å². The highest BCUT2D eigenvalue weighted by Crippen LogP contribution is 2.08. The van der Waals surface area contributed by atoms with Crippen LogP contribution >= 0.6 is 0 Å². The molecule has 2 heterocycles. The molecule has 1 amide bonds. The Labute approximate surface area is 75.6 Å². The van der Waals surface area contributed by atoms with Gasteiger partial charge in [-0.3, -0.25) is 9.78 Å². The molecule has 2 N–H and O–H groups in total. The molecule has 1 aliphatic rings. The average molecular weight is 178 g/mol. The van der Waals surface area contributed by atoms with Crippen molar-refractivity contribution >= 4 is 5.91 Å². The lowest BCUT2D eigenvalue weighted by atomic mass is 10.1. The number of hydrogen-bond acceptors (Lipinski definition) is 4. The van der Waals surface area contributed by atoms with Crippen LogP contribution in [0.15, 0.2) is 18.6 Å². The smallest absolute Gasteiger partial charge is 0.274 e. The second kappa shape index (κ2) is 3.10. The maximum absolute atomic E-state index is 11.5. The SMILES string of the molecule is NC1CN(C(=O)c2cnccn2)C1. The second-order valence-electron chi connectivity index (χ2n) is 3.06. The maximum Gasteiger partial charge on any atom is 0.274 e. The van der Waals surface area contributed by atoms with Crippen LogP contribution in [0.3, 0.4) is 0 Å². The van der Waals surface area contributed by atoms with Gasteiger partial charge in [-0.05, 0) is 0 Å². The third-order valence-electron chi connectivity index (χ3n) is 1.98. The molecule has 0 atom stereocenters. The van der Waals surface area contributed by atoms with E-state index in [1.807, 2.05) is 0 Å². The molecule has 0 bridgehead atoms. The van der Waals surface area contributed by atoms with E-state index in [4.69, 9.17) is 5.73 Å². The molecule has 1 saturated heterocycles. The van der Waals surface area contributed by atoms with Crippen LogP contribution in [0.2, 0.25) is 0 Å². The Kier molecular flexibility index (Phi) is 1.94. The standard InChI is InChI=1S/C8H10N4O/c9-6-4-12(5-6)8(13)7-3-10-1-2-11-7/h1-3,6H,4-5,9H2. The van der Waals surface area contributed by atoms with E-state index in [-0.39, 0.29) is 11.9 Å². The molecular formula is C8H10N4O. The van der Waals surface area contributed by atoms with Crippen molar-refractivity contribution in [1.82, 2.24) is 14.9 Å². The summed E-state index contributed by atoms with van der Waals surface area (Å²) in [6.45, 7) is 1.24. The Morgan fingerprint density at radius 3 is 2.85 bits per heavy atom. The summed E-state index contributed by atoms with van der Waals surface area (Å²) in [5, 5.41) is 0. The third-order valence-corrected chi connectivity index (χ3v) is 1.98. The van der Waals surface area contributed by atoms with Crippen molar-refractivity contribution in [2.45, 2.75) is 6.04 Å². The molecule has 0 saturated carbocycles. The predicted octanol–water partition coefficient (Wildman–Crippen LogP) is -0.740. The first kappa shape index (κ1) is 8.12. The Morgan fingerprint density at radius 1 is 1.54 bits per heavy atom. The van der Waals surface area contributed by atoms with E-state index in [1.165, 1.54) is 12.4 Å². The molecule has 1 fully saturated rings. The molecule has 2 rings (SSSR count). The number of rotatable bonds is 1. The lowest BCUT2D eigenvalue weighted by Crippen LogP contribution is -2.57. The summed E-state index contributed by atoms with van der Waals surface area (Å²) in [6, 6.07) is 0.126. The number of aromatic nitrogens is 2. The lowest BCUT2D eigenvalue weighted by molar-refractivity contribution is 0.0601. The molecule has 0 unspecified atom stereocenters. The lowest BCUT2D eigenvalue weighted by Gasteiger charge is -2.36. The van der Waals surface area contributed by atoms with Gasteiger partial charge in [-0.1, -0.05) is 0 Å². The van der Waals surface area contributed by atoms with Crippen LogP contribution in [0, 0.1) is 0 Å². The Morgan fingerprint density at radius 2 is 2.31 bits per heavy atom. The summed E-state index contributed by atoms with van der Waals surface area (Å²) in [5.74, 6) is -0.0881. The first-order valence-electron chi connectivity index (χ1n) is 4.08. The van der Waals surface area contributed by atoms with Gasteiger partial charge in [-0.15, -0.1) is 0 Å². The molecule has 1 aliphatic heterocycles. The number of nitrogens with zero attached hydrogens (tertiary/aromatic N) is 3. The Bertz CT molecular complexity index is 307. The zero-order valence-corrected chi connectivity index (χ0v) is 7.05. The van der Waals surface area contributed by atoms with Crippen LogP contribution in [-0.2, 0) is 0 Å². The van der Waals surface area contributed by atoms with Crippen LogP contribution in [0.25, 0.3) is 0 Å². The van der Waals surface area contributed by atoms with Gasteiger partial charge in [-0.25, -0.2) is 4.98 Å². The topological polar surface area (TPSA) is 72.1 Å². The van der Waals surface area contributed by atoms with E-state index in [1.54, 1.807) is 11.1 Å². The molecule has 0 spiro atoms. The molecule has 1 aromatic heterocycles. The average Bonchev–Trinajstić information content (AvgIpc) is 2.13. The van der Waals surface area contributed by atoms with Crippen molar-refractivity contribution < 1.29 is 4.79 Å². The third kappa shape index (κ3) is 1.50. The number of carbonyl (C=O) groups excluding carboxylic acids is 1. The molecule has 5 nitrogen and oxygen atoms in total. The number of hydrogen-bond donors (Lipinski definition) is 1. The fourth-order valence-corrected chi connectivity index (χ4v) is 1.25. The molecule has 5 heteroatoms. The predicted molar refractivity (Wildman–Crippen MR) is 45.9 cm³/mol. The molecule has 1 aromatic rings. The molecule has 13 heavy (non-hydrogen) atoms. The summed E-state index contributed by atoms with van der Waals surface area (Å²) in [5.41, 5.74) is 5.94. The summed E-state index contributed by atoms with van der Waals surface area (Å²) in [6.07, 6.45) is 4.51. The zero-order valence-electron chi connectivity index (χ0n) is 7.05. The summed E-state index contributed by atoms with van der Waals surface area (Å²) in [7, 11) is 0. The van der Waals surface area contributed by atoms with Gasteiger partial charge in [0.2, 0.25) is 0 Å². The van der Waals surface area contributed by atoms with Crippen molar-refractivity contribution in [3.63, 3.8) is 0 Å². The van der Waals surface area contributed by atoms with E-state index < -0.39 is 0 Å². The fourth-order valence-electron chi connectivity index (χ4n) is 1.25. The van der Waals surface area contributed by atoms with Crippen molar-refractivity contribution in [2.24, 2.45) is 5.73 Å². The van der Waals surface area contributed by atoms with Crippen LogP contribution in [0.4, 0.5) is 0 Å². The summed E-state index contributed by atoms with van der Waals surface area (Å²) < 4.78 is 0. The van der Waals surface area contributed by atoms with Gasteiger partial charge in [0.1, 0.15) is 5.69 Å². The van der Waals surface area contributed by atoms with Crippen molar-refractivity contribution in [2.75, 3.05) is 13.1 Å². The molecule has 68 valence electrons. The van der Waals surface area contributed by atoms with Crippen molar-refractivity contribution in [3.05, 3.63) is 24.3 Å². The largest absolute Gasteiger partial charge is 0.334 e. The molecule has 0 radical (unpaired) electrons. The minimum atomic E-state index is -0.0881. The molecular weight excluding hydrogens is 168 g/mol. The number of nitrogens with two attached hydrogens (primary N) is 1. The summed E-state index contributed by atoms with van der Waals surface area (Å²) >= 11 is 0. The molecule has 0 aromatic carbocycles. The van der Waals surface area contributed by atoms with Gasteiger partial charge >= 0.3 is 0 Å². The van der Waals surface area contributed by atoms with Gasteiger partial charge in [0.05, 0.1) is 6.20 Å². The van der Waals surface area contributed by atoms with E-state index >= 15 is 0 Å². The fraction of sp³-hybridized carbons (Fsp3) is 0.375. The first-order valence-corrected chi connectivity index (χ1v) is 4.08. The minimum Gasteiger partial charge on any atom is -0.334 e. The van der Waals surface area contributed by atoms with E-state index in [9.17, 15) is 4.79 Å². The zero-order chi connectivity index (χ0) is 9.26. The van der Waals surface area contributed by atoms with Crippen LogP contribution in [0.1, 0.15) is 10.5 Å². The van der Waals surface area contributed by atoms with E-state index in [2.05, 4.69) is 9.97 Å². The van der Waals surface area contributed by atoms with Crippen LogP contribution in [0.5, 0.6) is 0 Å². The van der Waals surface area contributed by atoms with Crippen molar-refractivity contribution in [1.29, 1.82) is 0 Å². The first-order chi connectivity index (χ1) is 6.27. The van der Waals surface area contributed by atoms with Gasteiger partial charge in [0.15, 0.2) is 0 Å². The number of carbonyl (C=O) groups is 1. The number of amides is 1. The second-order valence-corrected chi connectivity index (χ2v) is 3.06. The van der Waals surface area contributed by atoms with Gasteiger partial charge in [0.25, 0.3) is 5.91 Å². The highest BCUT2D eigenvalue weighted by molar-refractivity contribution is 5.92. The van der Waals surface area contributed by atoms with Crippen LogP contribution < -0.4 is 5.73 Å². The van der Waals surface area contributed by atoms with E-state index in [0.717, 1.165) is 0 Å². The Balaban J connectivity index is 2.06.